The van der Waals surface area contributed by atoms with E-state index in [1.165, 1.54) is 24.0 Å². The van der Waals surface area contributed by atoms with Gasteiger partial charge in [0, 0.05) is 49.0 Å². The Hall–Kier alpha value is -2.23. The molecule has 3 atom stereocenters. The molecule has 33 heavy (non-hydrogen) atoms. The molecule has 1 aliphatic carbocycles. The van der Waals surface area contributed by atoms with Crippen molar-refractivity contribution < 1.29 is 10.2 Å². The lowest BCUT2D eigenvalue weighted by molar-refractivity contribution is -0.0655. The second-order valence-corrected chi connectivity index (χ2v) is 10.00. The molecule has 2 aliphatic heterocycles. The molecule has 2 saturated heterocycles. The molecule has 5 heteroatoms. The standard InChI is InChI=1S/C28H35N3O2/c32-21-26-27(24-9-7-22(8-10-24)11-14-28(33)12-1-2-13-28)25-20-30(16-3-4-17-31(25)26)19-23-6-5-15-29-18-23/h5-10,15,18,25-27,32-33H,1-4,12-13,16-17,19-21H2/t25-,26-,27+/m1/s1. The molecule has 3 aliphatic rings. The van der Waals surface area contributed by atoms with Crippen LogP contribution in [-0.2, 0) is 6.54 Å². The van der Waals surface area contributed by atoms with Crippen molar-refractivity contribution in [3.05, 3.63) is 65.5 Å². The maximum Gasteiger partial charge on any atom is 0.125 e. The lowest BCUT2D eigenvalue weighted by Crippen LogP contribution is -2.67. The normalized spacial score (nSPS) is 27.5. The van der Waals surface area contributed by atoms with Gasteiger partial charge >= 0.3 is 0 Å². The van der Waals surface area contributed by atoms with E-state index in [0.717, 1.165) is 57.4 Å². The Morgan fingerprint density at radius 1 is 1.03 bits per heavy atom. The molecule has 0 amide bonds. The molecule has 1 aromatic heterocycles. The van der Waals surface area contributed by atoms with Crippen LogP contribution >= 0.6 is 0 Å². The van der Waals surface area contributed by atoms with Gasteiger partial charge in [0.15, 0.2) is 0 Å². The minimum absolute atomic E-state index is 0.185. The Labute approximate surface area is 197 Å². The highest BCUT2D eigenvalue weighted by Gasteiger charge is 2.49. The summed E-state index contributed by atoms with van der Waals surface area (Å²) in [7, 11) is 0. The van der Waals surface area contributed by atoms with Gasteiger partial charge in [-0.05, 0) is 80.9 Å². The summed E-state index contributed by atoms with van der Waals surface area (Å²) in [6, 6.07) is 13.3. The summed E-state index contributed by atoms with van der Waals surface area (Å²) in [6.07, 6.45) is 9.83. The molecule has 2 aromatic rings. The minimum Gasteiger partial charge on any atom is -0.395 e. The number of aliphatic hydroxyl groups is 2. The molecule has 5 rings (SSSR count). The van der Waals surface area contributed by atoms with Crippen molar-refractivity contribution in [2.45, 2.75) is 68.7 Å². The van der Waals surface area contributed by atoms with Crippen molar-refractivity contribution >= 4 is 0 Å². The van der Waals surface area contributed by atoms with Crippen LogP contribution in [0.2, 0.25) is 0 Å². The summed E-state index contributed by atoms with van der Waals surface area (Å²) in [5.74, 6) is 6.62. The van der Waals surface area contributed by atoms with E-state index in [-0.39, 0.29) is 12.6 Å². The quantitative estimate of drug-likeness (QED) is 0.708. The lowest BCUT2D eigenvalue weighted by atomic mass is 9.74. The molecule has 0 unspecified atom stereocenters. The van der Waals surface area contributed by atoms with Crippen LogP contribution in [0.1, 0.15) is 61.1 Å². The number of nitrogens with zero attached hydrogens (tertiary/aromatic N) is 3. The van der Waals surface area contributed by atoms with E-state index in [0.29, 0.717) is 12.0 Å². The van der Waals surface area contributed by atoms with Crippen LogP contribution < -0.4 is 0 Å². The second-order valence-electron chi connectivity index (χ2n) is 10.00. The fraction of sp³-hybridized carbons (Fsp3) is 0.536. The van der Waals surface area contributed by atoms with Gasteiger partial charge < -0.3 is 10.2 Å². The number of rotatable bonds is 4. The van der Waals surface area contributed by atoms with Gasteiger partial charge in [0.05, 0.1) is 6.61 Å². The van der Waals surface area contributed by atoms with Crippen LogP contribution in [0.3, 0.4) is 0 Å². The van der Waals surface area contributed by atoms with E-state index >= 15 is 0 Å². The highest BCUT2D eigenvalue weighted by Crippen LogP contribution is 2.42. The van der Waals surface area contributed by atoms with Crippen molar-refractivity contribution in [2.75, 3.05) is 26.2 Å². The molecule has 0 radical (unpaired) electrons. The predicted molar refractivity (Wildman–Crippen MR) is 130 cm³/mol. The predicted octanol–water partition coefficient (Wildman–Crippen LogP) is 3.16. The average molecular weight is 446 g/mol. The van der Waals surface area contributed by atoms with Crippen LogP contribution in [0.5, 0.6) is 0 Å². The molecule has 174 valence electrons. The van der Waals surface area contributed by atoms with E-state index in [2.05, 4.69) is 57.0 Å². The monoisotopic (exact) mass is 445 g/mol. The van der Waals surface area contributed by atoms with E-state index in [9.17, 15) is 10.2 Å². The number of pyridine rings is 1. The molecule has 3 fully saturated rings. The number of benzene rings is 1. The summed E-state index contributed by atoms with van der Waals surface area (Å²) < 4.78 is 0. The van der Waals surface area contributed by atoms with Gasteiger partial charge in [-0.1, -0.05) is 30.0 Å². The minimum atomic E-state index is -0.800. The molecule has 3 heterocycles. The third kappa shape index (κ3) is 5.00. The average Bonchev–Trinajstić information content (AvgIpc) is 3.26. The molecule has 0 bridgehead atoms. The number of hydrogen-bond acceptors (Lipinski definition) is 5. The van der Waals surface area contributed by atoms with E-state index in [1.54, 1.807) is 0 Å². The van der Waals surface area contributed by atoms with Gasteiger partial charge in [0.1, 0.15) is 5.60 Å². The zero-order valence-electron chi connectivity index (χ0n) is 19.4. The van der Waals surface area contributed by atoms with Crippen molar-refractivity contribution in [2.24, 2.45) is 0 Å². The van der Waals surface area contributed by atoms with Crippen molar-refractivity contribution in [3.8, 4) is 11.8 Å². The third-order valence-corrected chi connectivity index (χ3v) is 7.75. The SMILES string of the molecule is OC[C@@H]1[C@@H](c2ccc(C#CC3(O)CCCC3)cc2)[C@H]2CN(Cc3cccnc3)CCCCN12. The van der Waals surface area contributed by atoms with Crippen molar-refractivity contribution in [3.63, 3.8) is 0 Å². The molecule has 2 N–H and O–H groups in total. The summed E-state index contributed by atoms with van der Waals surface area (Å²) in [5.41, 5.74) is 2.69. The first-order valence-electron chi connectivity index (χ1n) is 12.5. The largest absolute Gasteiger partial charge is 0.395 e. The van der Waals surface area contributed by atoms with Crippen LogP contribution in [0.4, 0.5) is 0 Å². The van der Waals surface area contributed by atoms with Crippen molar-refractivity contribution in [1.29, 1.82) is 0 Å². The first-order chi connectivity index (χ1) is 16.1. The van der Waals surface area contributed by atoms with Crippen LogP contribution in [-0.4, -0.2) is 68.9 Å². The third-order valence-electron chi connectivity index (χ3n) is 7.75. The van der Waals surface area contributed by atoms with Crippen LogP contribution in [0.15, 0.2) is 48.8 Å². The first kappa shape index (κ1) is 22.6. The summed E-state index contributed by atoms with van der Waals surface area (Å²) >= 11 is 0. The highest BCUT2D eigenvalue weighted by molar-refractivity contribution is 5.40. The molecule has 0 spiro atoms. The smallest absolute Gasteiger partial charge is 0.125 e. The van der Waals surface area contributed by atoms with Gasteiger partial charge in [-0.15, -0.1) is 0 Å². The Morgan fingerprint density at radius 3 is 2.55 bits per heavy atom. The zero-order valence-corrected chi connectivity index (χ0v) is 19.4. The fourth-order valence-corrected chi connectivity index (χ4v) is 5.97. The molecule has 1 aromatic carbocycles. The Kier molecular flexibility index (Phi) is 6.80. The summed E-state index contributed by atoms with van der Waals surface area (Å²) in [4.78, 5) is 9.35. The van der Waals surface area contributed by atoms with E-state index in [1.807, 2.05) is 18.5 Å². The van der Waals surface area contributed by atoms with Crippen molar-refractivity contribution in [1.82, 2.24) is 14.8 Å². The number of fused-ring (bicyclic) bond motifs is 1. The topological polar surface area (TPSA) is 59.8 Å². The lowest BCUT2D eigenvalue weighted by Gasteiger charge is -2.57. The number of hydrogen-bond donors (Lipinski definition) is 2. The summed E-state index contributed by atoms with van der Waals surface area (Å²) in [5, 5.41) is 20.7. The molecule has 1 saturated carbocycles. The number of aliphatic hydroxyl groups excluding tert-OH is 1. The van der Waals surface area contributed by atoms with E-state index < -0.39 is 5.60 Å². The number of aromatic nitrogens is 1. The van der Waals surface area contributed by atoms with Gasteiger partial charge in [-0.3, -0.25) is 14.8 Å². The first-order valence-corrected chi connectivity index (χ1v) is 12.5. The molecular weight excluding hydrogens is 410 g/mol. The Bertz CT molecular complexity index is 976. The second kappa shape index (κ2) is 9.95. The van der Waals surface area contributed by atoms with Crippen LogP contribution in [0, 0.1) is 11.8 Å². The van der Waals surface area contributed by atoms with Crippen LogP contribution in [0.25, 0.3) is 0 Å². The Morgan fingerprint density at radius 2 is 1.82 bits per heavy atom. The highest BCUT2D eigenvalue weighted by atomic mass is 16.3. The zero-order chi connectivity index (χ0) is 22.7. The fourth-order valence-electron chi connectivity index (χ4n) is 5.97. The van der Waals surface area contributed by atoms with Gasteiger partial charge in [0.25, 0.3) is 0 Å². The molecule has 5 nitrogen and oxygen atoms in total. The summed E-state index contributed by atoms with van der Waals surface area (Å²) in [6.45, 7) is 4.29. The molecular formula is C28H35N3O2. The van der Waals surface area contributed by atoms with Gasteiger partial charge in [-0.2, -0.15) is 0 Å². The maximum atomic E-state index is 10.5. The van der Waals surface area contributed by atoms with Gasteiger partial charge in [0.2, 0.25) is 0 Å². The van der Waals surface area contributed by atoms with Gasteiger partial charge in [-0.25, -0.2) is 0 Å². The van der Waals surface area contributed by atoms with E-state index in [4.69, 9.17) is 0 Å². The maximum absolute atomic E-state index is 10.5. The Balaban J connectivity index is 1.31.